The van der Waals surface area contributed by atoms with E-state index in [1.165, 1.54) is 7.05 Å². The van der Waals surface area contributed by atoms with Crippen molar-refractivity contribution in [1.29, 1.82) is 0 Å². The van der Waals surface area contributed by atoms with Crippen LogP contribution in [0.4, 0.5) is 0 Å². The lowest BCUT2D eigenvalue weighted by Crippen LogP contribution is -2.19. The highest BCUT2D eigenvalue weighted by atomic mass is 32.2. The number of benzene rings is 1. The fraction of sp³-hybridized carbons (Fsp3) is 0.333. The standard InChI is InChI=1S/C9H11NO3S/c1-10-14(11,12)8-4-2-3-7-5-6-13-9(7)8/h2-4,10H,5-6H2,1H3. The highest BCUT2D eigenvalue weighted by molar-refractivity contribution is 7.89. The molecule has 0 radical (unpaired) electrons. The van der Waals surface area contributed by atoms with E-state index in [0.29, 0.717) is 12.4 Å². The number of fused-ring (bicyclic) bond motifs is 1. The highest BCUT2D eigenvalue weighted by Gasteiger charge is 2.23. The molecule has 2 rings (SSSR count). The lowest BCUT2D eigenvalue weighted by Gasteiger charge is -2.07. The Labute approximate surface area is 82.9 Å². The van der Waals surface area contributed by atoms with Crippen molar-refractivity contribution in [2.24, 2.45) is 0 Å². The normalized spacial score (nSPS) is 14.9. The third-order valence-electron chi connectivity index (χ3n) is 2.24. The van der Waals surface area contributed by atoms with Crippen LogP contribution in [0.1, 0.15) is 5.56 Å². The number of sulfonamides is 1. The van der Waals surface area contributed by atoms with Crippen LogP contribution in [0.15, 0.2) is 23.1 Å². The summed E-state index contributed by atoms with van der Waals surface area (Å²) in [5.41, 5.74) is 0.960. The number of nitrogens with one attached hydrogen (secondary N) is 1. The van der Waals surface area contributed by atoms with Gasteiger partial charge in [0.2, 0.25) is 10.0 Å². The Hall–Kier alpha value is -1.07. The Morgan fingerprint density at radius 3 is 2.93 bits per heavy atom. The molecule has 5 heteroatoms. The van der Waals surface area contributed by atoms with Gasteiger partial charge in [-0.3, -0.25) is 0 Å². The van der Waals surface area contributed by atoms with Crippen LogP contribution in [-0.2, 0) is 16.4 Å². The zero-order valence-corrected chi connectivity index (χ0v) is 8.60. The van der Waals surface area contributed by atoms with E-state index in [-0.39, 0.29) is 4.90 Å². The predicted molar refractivity (Wildman–Crippen MR) is 51.9 cm³/mol. The number of ether oxygens (including phenoxy) is 1. The molecular weight excluding hydrogens is 202 g/mol. The quantitative estimate of drug-likeness (QED) is 0.779. The average Bonchev–Trinajstić information content (AvgIpc) is 2.64. The Bertz CT molecular complexity index is 453. The molecule has 4 nitrogen and oxygen atoms in total. The van der Waals surface area contributed by atoms with Crippen LogP contribution in [0.2, 0.25) is 0 Å². The second kappa shape index (κ2) is 3.25. The molecule has 1 aromatic carbocycles. The van der Waals surface area contributed by atoms with Crippen LogP contribution >= 0.6 is 0 Å². The van der Waals surface area contributed by atoms with Gasteiger partial charge in [0.15, 0.2) is 0 Å². The topological polar surface area (TPSA) is 55.4 Å². The molecule has 0 spiro atoms. The predicted octanol–water partition coefficient (Wildman–Crippen LogP) is 0.530. The summed E-state index contributed by atoms with van der Waals surface area (Å²) in [6, 6.07) is 5.17. The van der Waals surface area contributed by atoms with E-state index >= 15 is 0 Å². The Morgan fingerprint density at radius 2 is 2.21 bits per heavy atom. The second-order valence-corrected chi connectivity index (χ2v) is 4.91. The molecule has 1 heterocycles. The minimum Gasteiger partial charge on any atom is -0.492 e. The molecule has 0 aliphatic carbocycles. The second-order valence-electron chi connectivity index (χ2n) is 3.05. The molecule has 1 aliphatic heterocycles. The molecular formula is C9H11NO3S. The van der Waals surface area contributed by atoms with Gasteiger partial charge in [-0.05, 0) is 18.7 Å². The molecule has 0 saturated heterocycles. The smallest absolute Gasteiger partial charge is 0.244 e. The first-order valence-corrected chi connectivity index (χ1v) is 5.82. The van der Waals surface area contributed by atoms with Crippen LogP contribution in [0.25, 0.3) is 0 Å². The van der Waals surface area contributed by atoms with E-state index in [1.807, 2.05) is 6.07 Å². The monoisotopic (exact) mass is 213 g/mol. The van der Waals surface area contributed by atoms with Gasteiger partial charge in [-0.1, -0.05) is 12.1 Å². The molecule has 0 unspecified atom stereocenters. The maximum absolute atomic E-state index is 11.6. The fourth-order valence-corrected chi connectivity index (χ4v) is 2.42. The van der Waals surface area contributed by atoms with E-state index in [0.717, 1.165) is 12.0 Å². The van der Waals surface area contributed by atoms with E-state index in [1.54, 1.807) is 12.1 Å². The maximum atomic E-state index is 11.6. The van der Waals surface area contributed by atoms with Gasteiger partial charge in [0.25, 0.3) is 0 Å². The third kappa shape index (κ3) is 1.38. The van der Waals surface area contributed by atoms with Crippen molar-refractivity contribution in [3.05, 3.63) is 23.8 Å². The minimum atomic E-state index is -3.40. The molecule has 76 valence electrons. The largest absolute Gasteiger partial charge is 0.492 e. The van der Waals surface area contributed by atoms with Crippen LogP contribution in [0, 0.1) is 0 Å². The van der Waals surface area contributed by atoms with Crippen LogP contribution < -0.4 is 9.46 Å². The number of rotatable bonds is 2. The van der Waals surface area contributed by atoms with Gasteiger partial charge in [0.1, 0.15) is 10.6 Å². The van der Waals surface area contributed by atoms with E-state index in [4.69, 9.17) is 4.74 Å². The van der Waals surface area contributed by atoms with Crippen molar-refractivity contribution in [3.63, 3.8) is 0 Å². The lowest BCUT2D eigenvalue weighted by atomic mass is 10.2. The highest BCUT2D eigenvalue weighted by Crippen LogP contribution is 2.32. The molecule has 0 aromatic heterocycles. The minimum absolute atomic E-state index is 0.231. The van der Waals surface area contributed by atoms with Gasteiger partial charge < -0.3 is 4.74 Å². The Morgan fingerprint density at radius 1 is 1.43 bits per heavy atom. The third-order valence-corrected chi connectivity index (χ3v) is 3.67. The summed E-state index contributed by atoms with van der Waals surface area (Å²) in [7, 11) is -2.01. The number of hydrogen-bond donors (Lipinski definition) is 1. The average molecular weight is 213 g/mol. The lowest BCUT2D eigenvalue weighted by molar-refractivity contribution is 0.348. The SMILES string of the molecule is CNS(=O)(=O)c1cccc2c1OCC2. The van der Waals surface area contributed by atoms with Crippen molar-refractivity contribution >= 4 is 10.0 Å². The van der Waals surface area contributed by atoms with Crippen molar-refractivity contribution in [2.45, 2.75) is 11.3 Å². The van der Waals surface area contributed by atoms with Gasteiger partial charge >= 0.3 is 0 Å². The summed E-state index contributed by atoms with van der Waals surface area (Å²) in [5.74, 6) is 0.502. The van der Waals surface area contributed by atoms with E-state index in [2.05, 4.69) is 4.72 Å². The molecule has 1 aliphatic rings. The molecule has 0 saturated carbocycles. The van der Waals surface area contributed by atoms with Gasteiger partial charge in [-0.25, -0.2) is 13.1 Å². The first-order chi connectivity index (χ1) is 6.65. The molecule has 14 heavy (non-hydrogen) atoms. The summed E-state index contributed by atoms with van der Waals surface area (Å²) in [4.78, 5) is 0.231. The van der Waals surface area contributed by atoms with Crippen molar-refractivity contribution in [3.8, 4) is 5.75 Å². The number of para-hydroxylation sites is 1. The zero-order valence-electron chi connectivity index (χ0n) is 7.78. The zero-order chi connectivity index (χ0) is 10.2. The van der Waals surface area contributed by atoms with E-state index in [9.17, 15) is 8.42 Å². The summed E-state index contributed by atoms with van der Waals surface area (Å²) in [5, 5.41) is 0. The number of hydrogen-bond acceptors (Lipinski definition) is 3. The summed E-state index contributed by atoms with van der Waals surface area (Å²) in [6.07, 6.45) is 0.780. The molecule has 1 N–H and O–H groups in total. The van der Waals surface area contributed by atoms with Gasteiger partial charge in [0, 0.05) is 6.42 Å². The summed E-state index contributed by atoms with van der Waals surface area (Å²) in [6.45, 7) is 0.561. The maximum Gasteiger partial charge on any atom is 0.244 e. The molecule has 0 atom stereocenters. The van der Waals surface area contributed by atoms with Crippen molar-refractivity contribution in [1.82, 2.24) is 4.72 Å². The Balaban J connectivity index is 2.61. The summed E-state index contributed by atoms with van der Waals surface area (Å²) < 4.78 is 30.7. The molecule has 0 fully saturated rings. The molecule has 0 bridgehead atoms. The van der Waals surface area contributed by atoms with E-state index < -0.39 is 10.0 Å². The molecule has 0 amide bonds. The fourth-order valence-electron chi connectivity index (χ4n) is 1.51. The van der Waals surface area contributed by atoms with Gasteiger partial charge in [0.05, 0.1) is 6.61 Å². The van der Waals surface area contributed by atoms with Crippen molar-refractivity contribution in [2.75, 3.05) is 13.7 Å². The van der Waals surface area contributed by atoms with Crippen LogP contribution in [0.5, 0.6) is 5.75 Å². The van der Waals surface area contributed by atoms with Crippen LogP contribution in [0.3, 0.4) is 0 Å². The van der Waals surface area contributed by atoms with Gasteiger partial charge in [-0.15, -0.1) is 0 Å². The van der Waals surface area contributed by atoms with Crippen LogP contribution in [-0.4, -0.2) is 22.1 Å². The van der Waals surface area contributed by atoms with Crippen molar-refractivity contribution < 1.29 is 13.2 Å². The van der Waals surface area contributed by atoms with Gasteiger partial charge in [-0.2, -0.15) is 0 Å². The first-order valence-electron chi connectivity index (χ1n) is 4.33. The Kier molecular flexibility index (Phi) is 2.20. The molecule has 1 aromatic rings. The first kappa shape index (κ1) is 9.48. The summed E-state index contributed by atoms with van der Waals surface area (Å²) >= 11 is 0.